The van der Waals surface area contributed by atoms with E-state index in [1.54, 1.807) is 0 Å². The topological polar surface area (TPSA) is 0 Å². The van der Waals surface area contributed by atoms with E-state index in [2.05, 4.69) is 126 Å². The van der Waals surface area contributed by atoms with Crippen LogP contribution in [0.1, 0.15) is 62.1 Å². The van der Waals surface area contributed by atoms with Gasteiger partial charge in [0, 0.05) is 0 Å². The average Bonchev–Trinajstić information content (AvgIpc) is 3.58. The minimum atomic E-state index is 0. The van der Waals surface area contributed by atoms with E-state index in [4.69, 9.17) is 0 Å². The molecule has 0 unspecified atom stereocenters. The number of hydrogen-bond donors (Lipinski definition) is 0. The van der Waals surface area contributed by atoms with Gasteiger partial charge in [-0.2, -0.15) is 29.3 Å². The minimum Gasteiger partial charge on any atom is -1.00 e. The molecule has 4 aromatic rings. The molecule has 3 heteroatoms. The van der Waals surface area contributed by atoms with Gasteiger partial charge >= 0.3 is 112 Å². The molecule has 0 heterocycles. The Balaban J connectivity index is 0.000000229. The van der Waals surface area contributed by atoms with Gasteiger partial charge in [-0.25, -0.2) is 12.2 Å². The van der Waals surface area contributed by atoms with Crippen molar-refractivity contribution >= 4 is 3.21 Å². The summed E-state index contributed by atoms with van der Waals surface area (Å²) in [5.41, 5.74) is 16.4. The van der Waals surface area contributed by atoms with Crippen molar-refractivity contribution in [2.75, 3.05) is 0 Å². The van der Waals surface area contributed by atoms with Crippen LogP contribution in [0.2, 0.25) is 0 Å². The Morgan fingerprint density at radius 1 is 0.675 bits per heavy atom. The van der Waals surface area contributed by atoms with Crippen molar-refractivity contribution in [1.82, 2.24) is 0 Å². The maximum absolute atomic E-state index is 3.54. The molecule has 0 fully saturated rings. The van der Waals surface area contributed by atoms with Crippen LogP contribution in [0.15, 0.2) is 85.0 Å². The van der Waals surface area contributed by atoms with Crippen LogP contribution < -0.4 is 24.8 Å². The summed E-state index contributed by atoms with van der Waals surface area (Å²) in [5.74, 6) is 0. The fraction of sp³-hybridized carbons (Fsp3) is 0.216. The molecule has 0 radical (unpaired) electrons. The average molecular weight is 643 g/mol. The Morgan fingerprint density at radius 2 is 1.20 bits per heavy atom. The summed E-state index contributed by atoms with van der Waals surface area (Å²) in [6.45, 7) is 13.0. The van der Waals surface area contributed by atoms with Gasteiger partial charge in [-0.05, 0) is 37.0 Å². The van der Waals surface area contributed by atoms with Gasteiger partial charge in [0.2, 0.25) is 0 Å². The molecule has 0 atom stereocenters. The van der Waals surface area contributed by atoms with Crippen LogP contribution in [-0.2, 0) is 30.7 Å². The standard InChI is InChI=1S/C17H17.C15H14.C5H5.2ClH.Zr/c1-10-5-14-9-15-6-11(2)13(4)8-17(15)16(14)7-12(10)3;1-12-3-7-14(8-4-12)11-15-9-5-13(2)6-10-15;1-2-4-5-3-1;;;/h5,7-8H,9H2,1-4H3;3-10H,1-2H3;1-3H,4H2;2*1H;/q-1;;-1;;;+2/p-2. The smallest absolute Gasteiger partial charge is 0.109 e. The van der Waals surface area contributed by atoms with Crippen LogP contribution in [0.25, 0.3) is 11.1 Å². The molecule has 40 heavy (non-hydrogen) atoms. The maximum atomic E-state index is 3.54. The fourth-order valence-electron chi connectivity index (χ4n) is 4.59. The van der Waals surface area contributed by atoms with Crippen molar-refractivity contribution in [3.05, 3.63) is 153 Å². The van der Waals surface area contributed by atoms with Gasteiger partial charge in [0.25, 0.3) is 0 Å². The molecule has 204 valence electrons. The van der Waals surface area contributed by atoms with Crippen LogP contribution in [0.5, 0.6) is 0 Å². The molecule has 2 aliphatic carbocycles. The van der Waals surface area contributed by atoms with Gasteiger partial charge in [-0.15, -0.1) is 17.5 Å². The Kier molecular flexibility index (Phi) is 13.2. The van der Waals surface area contributed by atoms with Crippen molar-refractivity contribution in [2.24, 2.45) is 0 Å². The van der Waals surface area contributed by atoms with E-state index in [0.29, 0.717) is 0 Å². The number of halogens is 2. The van der Waals surface area contributed by atoms with Gasteiger partial charge < -0.3 is 24.8 Å². The van der Waals surface area contributed by atoms with Gasteiger partial charge in [0.15, 0.2) is 0 Å². The molecule has 4 aromatic carbocycles. The molecule has 0 saturated heterocycles. The van der Waals surface area contributed by atoms with E-state index in [-0.39, 0.29) is 24.8 Å². The van der Waals surface area contributed by atoms with Crippen molar-refractivity contribution in [3.8, 4) is 11.1 Å². The molecule has 0 nitrogen and oxygen atoms in total. The monoisotopic (exact) mass is 640 g/mol. The third-order valence-corrected chi connectivity index (χ3v) is 8.68. The van der Waals surface area contributed by atoms with Gasteiger partial charge in [0.1, 0.15) is 0 Å². The SMILES string of the molecule is Cc1[c-]c2c(cc1C)-c1cc(C)c(C)cc1C2.Cc1ccc([C](=[Zr+2])c2ccc(C)cc2)cc1.[C-]1=CC=CC1.[Cl-].[Cl-]. The molecule has 0 N–H and O–H groups in total. The molecule has 0 bridgehead atoms. The largest absolute Gasteiger partial charge is 1.00 e. The number of hydrogen-bond acceptors (Lipinski definition) is 0. The summed E-state index contributed by atoms with van der Waals surface area (Å²) >= 11 is 1.46. The van der Waals surface area contributed by atoms with Crippen molar-refractivity contribution in [3.63, 3.8) is 0 Å². The van der Waals surface area contributed by atoms with Crippen molar-refractivity contribution < 1.29 is 49.0 Å². The Hall–Kier alpha value is -2.31. The van der Waals surface area contributed by atoms with E-state index >= 15 is 0 Å². The zero-order valence-electron chi connectivity index (χ0n) is 24.3. The van der Waals surface area contributed by atoms with Crippen LogP contribution in [0.4, 0.5) is 0 Å². The second-order valence-electron chi connectivity index (χ2n) is 10.4. The zero-order valence-corrected chi connectivity index (χ0v) is 28.2. The molecule has 0 amide bonds. The van der Waals surface area contributed by atoms with Gasteiger partial charge in [0.05, 0.1) is 0 Å². The van der Waals surface area contributed by atoms with Crippen molar-refractivity contribution in [2.45, 2.75) is 54.4 Å². The first-order valence-electron chi connectivity index (χ1n) is 13.3. The molecular weight excluding hydrogens is 607 g/mol. The summed E-state index contributed by atoms with van der Waals surface area (Å²) in [6, 6.07) is 28.1. The summed E-state index contributed by atoms with van der Waals surface area (Å²) < 4.78 is 1.42. The zero-order chi connectivity index (χ0) is 27.2. The van der Waals surface area contributed by atoms with Gasteiger partial charge in [-0.1, -0.05) is 31.5 Å². The summed E-state index contributed by atoms with van der Waals surface area (Å²) in [6.07, 6.45) is 11.0. The minimum absolute atomic E-state index is 0. The number of allylic oxidation sites excluding steroid dienone is 4. The molecular formula is C37H36Cl2Zr-2. The molecule has 0 spiro atoms. The number of benzene rings is 4. The predicted octanol–water partition coefficient (Wildman–Crippen LogP) is 3.02. The van der Waals surface area contributed by atoms with Crippen LogP contribution in [0.3, 0.4) is 0 Å². The summed E-state index contributed by atoms with van der Waals surface area (Å²) in [4.78, 5) is 0. The third-order valence-electron chi connectivity index (χ3n) is 7.26. The summed E-state index contributed by atoms with van der Waals surface area (Å²) in [5, 5.41) is 0. The number of rotatable bonds is 2. The Labute approximate surface area is 268 Å². The second-order valence-corrected chi connectivity index (χ2v) is 11.6. The molecule has 0 aliphatic heterocycles. The second kappa shape index (κ2) is 15.6. The third kappa shape index (κ3) is 8.60. The Bertz CT molecular complexity index is 1390. The first kappa shape index (κ1) is 33.9. The fourth-order valence-corrected chi connectivity index (χ4v) is 5.41. The Morgan fingerprint density at radius 3 is 1.68 bits per heavy atom. The maximum Gasteiger partial charge on any atom is -0.109 e. The van der Waals surface area contributed by atoms with E-state index in [9.17, 15) is 0 Å². The quantitative estimate of drug-likeness (QED) is 0.260. The normalized spacial score (nSPS) is 11.6. The van der Waals surface area contributed by atoms with Crippen LogP contribution in [-0.4, -0.2) is 3.21 Å². The molecule has 6 rings (SSSR count). The van der Waals surface area contributed by atoms with Gasteiger partial charge in [-0.3, -0.25) is 6.08 Å². The number of fused-ring (bicyclic) bond motifs is 3. The van der Waals surface area contributed by atoms with E-state index < -0.39 is 0 Å². The van der Waals surface area contributed by atoms with Crippen LogP contribution in [0, 0.1) is 53.7 Å². The first-order chi connectivity index (χ1) is 18.2. The van der Waals surface area contributed by atoms with E-state index in [1.165, 1.54) is 94.2 Å². The van der Waals surface area contributed by atoms with Crippen molar-refractivity contribution in [1.29, 1.82) is 0 Å². The summed E-state index contributed by atoms with van der Waals surface area (Å²) in [7, 11) is 0. The van der Waals surface area contributed by atoms with E-state index in [0.717, 1.165) is 12.8 Å². The molecule has 0 saturated carbocycles. The molecule has 2 aliphatic rings. The predicted molar refractivity (Wildman–Crippen MR) is 160 cm³/mol. The molecule has 0 aromatic heterocycles. The van der Waals surface area contributed by atoms with E-state index in [1.807, 2.05) is 12.2 Å². The van der Waals surface area contributed by atoms with Crippen LogP contribution >= 0.6 is 0 Å². The number of aryl methyl sites for hydroxylation is 6. The first-order valence-corrected chi connectivity index (χ1v) is 14.5.